The molecule has 0 aliphatic heterocycles. The summed E-state index contributed by atoms with van der Waals surface area (Å²) in [6.45, 7) is 0. The lowest BCUT2D eigenvalue weighted by Gasteiger charge is -2.15. The molecule has 8 nitrogen and oxygen atoms in total. The molecule has 5 rings (SSSR count). The smallest absolute Gasteiger partial charge is 0.280 e. The second-order valence-electron chi connectivity index (χ2n) is 7.61. The van der Waals surface area contributed by atoms with Crippen LogP contribution in [0.15, 0.2) is 65.7 Å². The van der Waals surface area contributed by atoms with Crippen molar-refractivity contribution in [1.29, 1.82) is 0 Å². The Morgan fingerprint density at radius 1 is 1.09 bits per heavy atom. The minimum absolute atomic E-state index is 0.0489. The van der Waals surface area contributed by atoms with Crippen molar-refractivity contribution in [2.45, 2.75) is 19.3 Å². The van der Waals surface area contributed by atoms with E-state index in [9.17, 15) is 9.59 Å². The molecule has 1 amide bonds. The lowest BCUT2D eigenvalue weighted by Crippen LogP contribution is -2.29. The highest BCUT2D eigenvalue weighted by molar-refractivity contribution is 5.96. The molecule has 0 fully saturated rings. The molecule has 0 unspecified atom stereocenters. The molecule has 0 atom stereocenters. The zero-order valence-corrected chi connectivity index (χ0v) is 17.5. The van der Waals surface area contributed by atoms with Gasteiger partial charge in [0, 0.05) is 23.8 Å². The number of hydroxylamine groups is 1. The normalized spacial score (nSPS) is 12.5. The summed E-state index contributed by atoms with van der Waals surface area (Å²) in [5, 5.41) is 3.40. The number of fused-ring (bicyclic) bond motifs is 2. The Kier molecular flexibility index (Phi) is 5.12. The molecule has 2 aromatic carbocycles. The molecular formula is C24H21N5O3. The molecule has 0 saturated heterocycles. The van der Waals surface area contributed by atoms with Crippen LogP contribution in [0.2, 0.25) is 0 Å². The van der Waals surface area contributed by atoms with Crippen molar-refractivity contribution in [2.75, 3.05) is 12.4 Å². The lowest BCUT2D eigenvalue weighted by atomic mass is 10.1. The van der Waals surface area contributed by atoms with Gasteiger partial charge in [-0.05, 0) is 54.7 Å². The number of carbonyl (C=O) groups excluding carboxylic acids is 1. The quantitative estimate of drug-likeness (QED) is 0.474. The Labute approximate surface area is 183 Å². The fraction of sp³-hybridized carbons (Fsp3) is 0.167. The number of aromatic nitrogens is 3. The van der Waals surface area contributed by atoms with Crippen LogP contribution in [0.4, 0.5) is 11.6 Å². The zero-order chi connectivity index (χ0) is 22.1. The van der Waals surface area contributed by atoms with Crippen molar-refractivity contribution < 1.29 is 9.63 Å². The molecule has 8 heteroatoms. The number of para-hydroxylation sites is 1. The van der Waals surface area contributed by atoms with Crippen molar-refractivity contribution >= 4 is 28.6 Å². The topological polar surface area (TPSA) is 98.1 Å². The first-order valence-corrected chi connectivity index (χ1v) is 10.3. The maximum absolute atomic E-state index is 13.1. The van der Waals surface area contributed by atoms with E-state index in [2.05, 4.69) is 32.9 Å². The summed E-state index contributed by atoms with van der Waals surface area (Å²) in [7, 11) is 1.32. The Bertz CT molecular complexity index is 1380. The largest absolute Gasteiger partial charge is 0.324 e. The number of aryl methyl sites for hydroxylation is 2. The number of rotatable bonds is 5. The average molecular weight is 427 g/mol. The Morgan fingerprint density at radius 2 is 1.91 bits per heavy atom. The second kappa shape index (κ2) is 8.24. The average Bonchev–Trinajstić information content (AvgIpc) is 3.28. The van der Waals surface area contributed by atoms with E-state index in [4.69, 9.17) is 4.84 Å². The van der Waals surface area contributed by atoms with Gasteiger partial charge in [0.05, 0.1) is 12.5 Å². The van der Waals surface area contributed by atoms with E-state index in [0.29, 0.717) is 11.6 Å². The molecule has 0 bridgehead atoms. The summed E-state index contributed by atoms with van der Waals surface area (Å²) < 4.78 is 1.76. The first kappa shape index (κ1) is 19.9. The zero-order valence-electron chi connectivity index (χ0n) is 17.5. The van der Waals surface area contributed by atoms with Crippen LogP contribution in [-0.2, 0) is 17.7 Å². The fourth-order valence-corrected chi connectivity index (χ4v) is 4.04. The van der Waals surface area contributed by atoms with Crippen LogP contribution in [0.1, 0.15) is 27.9 Å². The number of hydrogen-bond acceptors (Lipinski definition) is 6. The summed E-state index contributed by atoms with van der Waals surface area (Å²) in [5.41, 5.74) is 6.39. The molecule has 1 aliphatic carbocycles. The highest BCUT2D eigenvalue weighted by Crippen LogP contribution is 2.26. The van der Waals surface area contributed by atoms with E-state index >= 15 is 0 Å². The lowest BCUT2D eigenvalue weighted by molar-refractivity contribution is 0.0536. The minimum Gasteiger partial charge on any atom is -0.324 e. The number of benzene rings is 2. The van der Waals surface area contributed by atoms with Gasteiger partial charge < -0.3 is 9.88 Å². The van der Waals surface area contributed by atoms with Crippen molar-refractivity contribution in [1.82, 2.24) is 20.0 Å². The van der Waals surface area contributed by atoms with Crippen molar-refractivity contribution in [2.24, 2.45) is 0 Å². The number of pyridine rings is 1. The Hall–Kier alpha value is -4.04. The van der Waals surface area contributed by atoms with E-state index in [1.54, 1.807) is 4.57 Å². The monoisotopic (exact) mass is 427 g/mol. The number of anilines is 2. The van der Waals surface area contributed by atoms with Crippen LogP contribution in [0.5, 0.6) is 0 Å². The predicted octanol–water partition coefficient (Wildman–Crippen LogP) is 3.30. The number of amides is 1. The molecule has 2 N–H and O–H groups in total. The van der Waals surface area contributed by atoms with Crippen LogP contribution >= 0.6 is 0 Å². The van der Waals surface area contributed by atoms with Crippen LogP contribution < -0.4 is 16.2 Å². The van der Waals surface area contributed by atoms with Gasteiger partial charge >= 0.3 is 0 Å². The van der Waals surface area contributed by atoms with Gasteiger partial charge in [0.15, 0.2) is 5.65 Å². The molecule has 1 aliphatic rings. The maximum Gasteiger partial charge on any atom is 0.280 e. The predicted molar refractivity (Wildman–Crippen MR) is 121 cm³/mol. The van der Waals surface area contributed by atoms with Crippen LogP contribution in [-0.4, -0.2) is 27.6 Å². The third kappa shape index (κ3) is 3.61. The van der Waals surface area contributed by atoms with Gasteiger partial charge in [0.25, 0.3) is 5.91 Å². The molecule has 0 saturated carbocycles. The number of nitrogens with one attached hydrogen (secondary N) is 2. The van der Waals surface area contributed by atoms with E-state index in [1.165, 1.54) is 30.6 Å². The molecule has 32 heavy (non-hydrogen) atoms. The first-order valence-electron chi connectivity index (χ1n) is 10.3. The molecule has 4 aromatic rings. The molecule has 0 radical (unpaired) electrons. The summed E-state index contributed by atoms with van der Waals surface area (Å²) in [4.78, 5) is 39.2. The van der Waals surface area contributed by atoms with Crippen LogP contribution in [0.3, 0.4) is 0 Å². The summed E-state index contributed by atoms with van der Waals surface area (Å²) in [6.07, 6.45) is 6.15. The van der Waals surface area contributed by atoms with Crippen LogP contribution in [0.25, 0.3) is 16.7 Å². The van der Waals surface area contributed by atoms with Gasteiger partial charge in [-0.2, -0.15) is 4.98 Å². The standard InChI is InChI=1S/C24H21N5O3/c1-32-28-23(31)20-14-29(18-11-10-15-6-5-7-16(15)12-18)22-19(21(20)30)13-25-24(27-22)26-17-8-3-2-4-9-17/h2-4,8-14H,5-7H2,1H3,(H,28,31)(H,25,26,27). The fourth-order valence-electron chi connectivity index (χ4n) is 4.04. The third-order valence-electron chi connectivity index (χ3n) is 5.57. The molecular weight excluding hydrogens is 406 g/mol. The third-order valence-corrected chi connectivity index (χ3v) is 5.57. The minimum atomic E-state index is -0.624. The molecule has 2 heterocycles. The van der Waals surface area contributed by atoms with Crippen molar-refractivity contribution in [3.05, 3.63) is 87.8 Å². The van der Waals surface area contributed by atoms with Gasteiger partial charge in [-0.3, -0.25) is 14.4 Å². The van der Waals surface area contributed by atoms with Crippen molar-refractivity contribution in [3.8, 4) is 5.69 Å². The van der Waals surface area contributed by atoms with Crippen LogP contribution in [0, 0.1) is 0 Å². The summed E-state index contributed by atoms with van der Waals surface area (Å²) in [5.74, 6) is -0.270. The molecule has 0 spiro atoms. The Morgan fingerprint density at radius 3 is 2.72 bits per heavy atom. The number of hydrogen-bond donors (Lipinski definition) is 2. The highest BCUT2D eigenvalue weighted by atomic mass is 16.6. The van der Waals surface area contributed by atoms with E-state index in [-0.39, 0.29) is 10.9 Å². The van der Waals surface area contributed by atoms with Gasteiger partial charge in [0.1, 0.15) is 5.56 Å². The number of nitrogens with zero attached hydrogens (tertiary/aromatic N) is 3. The maximum atomic E-state index is 13.1. The van der Waals surface area contributed by atoms with Gasteiger partial charge in [-0.15, -0.1) is 0 Å². The van der Waals surface area contributed by atoms with E-state index in [0.717, 1.165) is 30.6 Å². The van der Waals surface area contributed by atoms with Gasteiger partial charge in [0.2, 0.25) is 11.4 Å². The summed E-state index contributed by atoms with van der Waals surface area (Å²) >= 11 is 0. The number of carbonyl (C=O) groups is 1. The van der Waals surface area contributed by atoms with Gasteiger partial charge in [-0.25, -0.2) is 10.5 Å². The first-order chi connectivity index (χ1) is 15.6. The van der Waals surface area contributed by atoms with E-state index in [1.807, 2.05) is 36.4 Å². The highest BCUT2D eigenvalue weighted by Gasteiger charge is 2.19. The second-order valence-corrected chi connectivity index (χ2v) is 7.61. The van der Waals surface area contributed by atoms with E-state index < -0.39 is 11.3 Å². The Balaban J connectivity index is 1.70. The molecule has 2 aromatic heterocycles. The van der Waals surface area contributed by atoms with Crippen molar-refractivity contribution in [3.63, 3.8) is 0 Å². The molecule has 160 valence electrons. The summed E-state index contributed by atoms with van der Waals surface area (Å²) in [6, 6.07) is 15.7. The SMILES string of the molecule is CONC(=O)c1cn(-c2ccc3c(c2)CCC3)c2nc(Nc3ccccc3)ncc2c1=O. The van der Waals surface area contributed by atoms with Gasteiger partial charge in [-0.1, -0.05) is 24.3 Å².